The molecule has 0 aliphatic rings. The van der Waals surface area contributed by atoms with E-state index in [4.69, 9.17) is 5.26 Å². The third-order valence-corrected chi connectivity index (χ3v) is 3.55. The molecule has 1 aromatic carbocycles. The fourth-order valence-corrected chi connectivity index (χ4v) is 1.53. The average Bonchev–Trinajstić information content (AvgIpc) is 2.36. The molecule has 1 rings (SSSR count). The molecule has 0 saturated heterocycles. The van der Waals surface area contributed by atoms with E-state index in [-0.39, 0.29) is 12.0 Å². The lowest BCUT2D eigenvalue weighted by Gasteiger charge is -2.29. The number of hydrogen-bond donors (Lipinski definition) is 2. The summed E-state index contributed by atoms with van der Waals surface area (Å²) in [7, 11) is 0. The first-order valence-corrected chi connectivity index (χ1v) is 6.32. The highest BCUT2D eigenvalue weighted by molar-refractivity contribution is 5.32. The summed E-state index contributed by atoms with van der Waals surface area (Å²) in [6.45, 7) is 8.46. The molecule has 0 aromatic heterocycles. The van der Waals surface area contributed by atoms with Crippen molar-refractivity contribution in [2.24, 2.45) is 5.92 Å². The topological polar surface area (TPSA) is 56.0 Å². The van der Waals surface area contributed by atoms with E-state index in [1.807, 2.05) is 45.0 Å². The monoisotopic (exact) mass is 246 g/mol. The first kappa shape index (κ1) is 14.7. The highest BCUT2D eigenvalue weighted by atomic mass is 16.3. The van der Waals surface area contributed by atoms with Crippen LogP contribution in [0.3, 0.4) is 0 Å². The molecule has 0 spiro atoms. The van der Waals surface area contributed by atoms with Crippen LogP contribution in [0.1, 0.15) is 44.9 Å². The van der Waals surface area contributed by atoms with Crippen LogP contribution in [0.25, 0.3) is 0 Å². The van der Waals surface area contributed by atoms with Crippen molar-refractivity contribution < 1.29 is 5.11 Å². The van der Waals surface area contributed by atoms with E-state index < -0.39 is 5.60 Å². The summed E-state index contributed by atoms with van der Waals surface area (Å²) in [4.78, 5) is 0. The number of nitrogens with one attached hydrogen (secondary N) is 1. The number of nitriles is 1. The van der Waals surface area contributed by atoms with Gasteiger partial charge in [0.05, 0.1) is 17.2 Å². The molecule has 0 aliphatic heterocycles. The summed E-state index contributed by atoms with van der Waals surface area (Å²) in [6, 6.07) is 9.78. The van der Waals surface area contributed by atoms with Crippen molar-refractivity contribution in [1.82, 2.24) is 5.32 Å². The maximum atomic E-state index is 10.2. The third kappa shape index (κ3) is 3.83. The summed E-state index contributed by atoms with van der Waals surface area (Å²) in [5.41, 5.74) is 1.08. The van der Waals surface area contributed by atoms with Crippen LogP contribution in [0.15, 0.2) is 24.3 Å². The molecule has 2 N–H and O–H groups in total. The number of rotatable bonds is 5. The second-order valence-corrected chi connectivity index (χ2v) is 5.35. The Hall–Kier alpha value is -1.37. The summed E-state index contributed by atoms with van der Waals surface area (Å²) < 4.78 is 0. The summed E-state index contributed by atoms with van der Waals surface area (Å²) in [5, 5.41) is 22.2. The second kappa shape index (κ2) is 5.99. The average molecular weight is 246 g/mol. The van der Waals surface area contributed by atoms with Crippen LogP contribution in [-0.4, -0.2) is 17.3 Å². The highest BCUT2D eigenvalue weighted by Gasteiger charge is 2.25. The van der Waals surface area contributed by atoms with Crippen molar-refractivity contribution in [2.45, 2.75) is 39.3 Å². The number of benzene rings is 1. The Morgan fingerprint density at radius 1 is 1.28 bits per heavy atom. The fourth-order valence-electron chi connectivity index (χ4n) is 1.53. The molecule has 18 heavy (non-hydrogen) atoms. The number of nitrogens with zero attached hydrogens (tertiary/aromatic N) is 1. The van der Waals surface area contributed by atoms with E-state index in [0.29, 0.717) is 12.1 Å². The van der Waals surface area contributed by atoms with Gasteiger partial charge in [-0.15, -0.1) is 0 Å². The van der Waals surface area contributed by atoms with Gasteiger partial charge in [0.15, 0.2) is 0 Å². The maximum absolute atomic E-state index is 10.2. The highest BCUT2D eigenvalue weighted by Crippen LogP contribution is 2.18. The second-order valence-electron chi connectivity index (χ2n) is 5.35. The van der Waals surface area contributed by atoms with Crippen molar-refractivity contribution >= 4 is 0 Å². The zero-order valence-electron chi connectivity index (χ0n) is 11.6. The minimum absolute atomic E-state index is 0.156. The van der Waals surface area contributed by atoms with E-state index in [0.717, 1.165) is 5.56 Å². The van der Waals surface area contributed by atoms with Crippen LogP contribution in [-0.2, 0) is 0 Å². The lowest BCUT2D eigenvalue weighted by Crippen LogP contribution is -2.42. The van der Waals surface area contributed by atoms with E-state index in [9.17, 15) is 5.11 Å². The molecule has 2 atom stereocenters. The third-order valence-electron chi connectivity index (χ3n) is 3.55. The standard InChI is InChI=1S/C15H22N2O/c1-11(2)15(4,18)10-17-12(3)14-7-5-13(9-16)6-8-14/h5-8,11-12,17-18H,10H2,1-4H3. The van der Waals surface area contributed by atoms with Gasteiger partial charge in [0.1, 0.15) is 0 Å². The van der Waals surface area contributed by atoms with Gasteiger partial charge in [0.2, 0.25) is 0 Å². The lowest BCUT2D eigenvalue weighted by molar-refractivity contribution is 0.0122. The molecule has 3 nitrogen and oxygen atoms in total. The Labute approximate surface area is 109 Å². The quantitative estimate of drug-likeness (QED) is 0.839. The van der Waals surface area contributed by atoms with Crippen molar-refractivity contribution in [3.05, 3.63) is 35.4 Å². The first-order chi connectivity index (χ1) is 8.36. The van der Waals surface area contributed by atoms with Crippen LogP contribution in [0.2, 0.25) is 0 Å². The summed E-state index contributed by atoms with van der Waals surface area (Å²) in [6.07, 6.45) is 0. The van der Waals surface area contributed by atoms with Gasteiger partial charge in [-0.25, -0.2) is 0 Å². The predicted molar refractivity (Wildman–Crippen MR) is 73.0 cm³/mol. The Balaban J connectivity index is 2.60. The summed E-state index contributed by atoms with van der Waals surface area (Å²) >= 11 is 0. The number of hydrogen-bond acceptors (Lipinski definition) is 3. The molecule has 2 unspecified atom stereocenters. The molecule has 0 bridgehead atoms. The minimum Gasteiger partial charge on any atom is -0.389 e. The molecule has 0 aliphatic carbocycles. The van der Waals surface area contributed by atoms with Crippen LogP contribution < -0.4 is 5.32 Å². The van der Waals surface area contributed by atoms with Gasteiger partial charge < -0.3 is 10.4 Å². The van der Waals surface area contributed by atoms with Crippen molar-refractivity contribution in [1.29, 1.82) is 5.26 Å². The van der Waals surface area contributed by atoms with Crippen LogP contribution in [0.5, 0.6) is 0 Å². The van der Waals surface area contributed by atoms with Crippen molar-refractivity contribution in [3.63, 3.8) is 0 Å². The lowest BCUT2D eigenvalue weighted by atomic mass is 9.92. The smallest absolute Gasteiger partial charge is 0.0991 e. The Kier molecular flexibility index (Phi) is 4.89. The number of aliphatic hydroxyl groups is 1. The van der Waals surface area contributed by atoms with Gasteiger partial charge >= 0.3 is 0 Å². The molecule has 0 radical (unpaired) electrons. The minimum atomic E-state index is -0.707. The van der Waals surface area contributed by atoms with E-state index >= 15 is 0 Å². The van der Waals surface area contributed by atoms with Gasteiger partial charge in [-0.2, -0.15) is 5.26 Å². The Morgan fingerprint density at radius 3 is 2.28 bits per heavy atom. The van der Waals surface area contributed by atoms with Gasteiger partial charge in [-0.05, 0) is 37.5 Å². The van der Waals surface area contributed by atoms with Crippen LogP contribution in [0, 0.1) is 17.2 Å². The molecule has 0 amide bonds. The Bertz CT molecular complexity index is 415. The van der Waals surface area contributed by atoms with Gasteiger partial charge in [-0.1, -0.05) is 26.0 Å². The van der Waals surface area contributed by atoms with Crippen molar-refractivity contribution in [2.75, 3.05) is 6.54 Å². The van der Waals surface area contributed by atoms with E-state index in [1.165, 1.54) is 0 Å². The fraction of sp³-hybridized carbons (Fsp3) is 0.533. The largest absolute Gasteiger partial charge is 0.389 e. The summed E-state index contributed by atoms with van der Waals surface area (Å²) in [5.74, 6) is 0.207. The normalized spacial score (nSPS) is 16.1. The van der Waals surface area contributed by atoms with E-state index in [1.54, 1.807) is 0 Å². The molecule has 0 fully saturated rings. The van der Waals surface area contributed by atoms with Gasteiger partial charge in [-0.3, -0.25) is 0 Å². The molecule has 0 heterocycles. The molecule has 0 saturated carbocycles. The van der Waals surface area contributed by atoms with E-state index in [2.05, 4.69) is 18.3 Å². The predicted octanol–water partition coefficient (Wildman–Crippen LogP) is 2.62. The first-order valence-electron chi connectivity index (χ1n) is 6.32. The molecule has 98 valence electrons. The molecule has 3 heteroatoms. The Morgan fingerprint density at radius 2 is 1.83 bits per heavy atom. The maximum Gasteiger partial charge on any atom is 0.0991 e. The molecular formula is C15H22N2O. The van der Waals surface area contributed by atoms with Crippen molar-refractivity contribution in [3.8, 4) is 6.07 Å². The molecular weight excluding hydrogens is 224 g/mol. The van der Waals surface area contributed by atoms with Gasteiger partial charge in [0, 0.05) is 12.6 Å². The SMILES string of the molecule is CC(NCC(C)(O)C(C)C)c1ccc(C#N)cc1. The zero-order valence-corrected chi connectivity index (χ0v) is 11.6. The van der Waals surface area contributed by atoms with Gasteiger partial charge in [0.25, 0.3) is 0 Å². The zero-order chi connectivity index (χ0) is 13.8. The van der Waals surface area contributed by atoms with Crippen LogP contribution in [0.4, 0.5) is 0 Å². The van der Waals surface area contributed by atoms with Crippen LogP contribution >= 0.6 is 0 Å². The molecule has 1 aromatic rings.